The van der Waals surface area contributed by atoms with Gasteiger partial charge in [-0.15, -0.1) is 0 Å². The van der Waals surface area contributed by atoms with Crippen LogP contribution in [-0.4, -0.2) is 31.0 Å². The Hall–Kier alpha value is -2.80. The van der Waals surface area contributed by atoms with Gasteiger partial charge < -0.3 is 15.0 Å². The molecule has 1 fully saturated rings. The molecule has 2 aromatic carbocycles. The lowest BCUT2D eigenvalue weighted by atomic mass is 9.99. The summed E-state index contributed by atoms with van der Waals surface area (Å²) in [5, 5.41) is 14.7. The summed E-state index contributed by atoms with van der Waals surface area (Å²) in [7, 11) is 1.50. The van der Waals surface area contributed by atoms with E-state index in [0.29, 0.717) is 28.1 Å². The normalized spacial score (nSPS) is 16.5. The highest BCUT2D eigenvalue weighted by Gasteiger charge is 2.25. The minimum atomic E-state index is -0.442. The maximum Gasteiger partial charge on any atom is 0.293 e. The van der Waals surface area contributed by atoms with Crippen LogP contribution in [0, 0.1) is 16.0 Å². The topological polar surface area (TPSA) is 84.7 Å². The first-order valence-corrected chi connectivity index (χ1v) is 9.45. The van der Waals surface area contributed by atoms with Gasteiger partial charge in [0.1, 0.15) is 11.4 Å². The first-order valence-electron chi connectivity index (χ1n) is 9.07. The second kappa shape index (κ2) is 8.48. The lowest BCUT2D eigenvalue weighted by Crippen LogP contribution is -2.34. The van der Waals surface area contributed by atoms with Gasteiger partial charge >= 0.3 is 0 Å². The molecule has 0 aromatic heterocycles. The molecule has 7 nitrogen and oxygen atoms in total. The molecular weight excluding hydrogens is 382 g/mol. The van der Waals surface area contributed by atoms with Crippen molar-refractivity contribution in [3.63, 3.8) is 0 Å². The van der Waals surface area contributed by atoms with Gasteiger partial charge in [0.2, 0.25) is 0 Å². The van der Waals surface area contributed by atoms with Crippen molar-refractivity contribution in [3.05, 3.63) is 57.1 Å². The molecule has 1 heterocycles. The van der Waals surface area contributed by atoms with Crippen LogP contribution < -0.4 is 15.0 Å². The van der Waals surface area contributed by atoms with Crippen LogP contribution in [0.4, 0.5) is 17.1 Å². The van der Waals surface area contributed by atoms with E-state index >= 15 is 0 Å². The predicted octanol–water partition coefficient (Wildman–Crippen LogP) is 4.75. The first-order chi connectivity index (χ1) is 13.4. The zero-order chi connectivity index (χ0) is 20.3. The minimum absolute atomic E-state index is 0.0606. The molecule has 1 N–H and O–H groups in total. The number of carbonyl (C=O) groups is 1. The molecule has 1 atom stereocenters. The monoisotopic (exact) mass is 403 g/mol. The Balaban J connectivity index is 1.84. The third-order valence-corrected chi connectivity index (χ3v) is 5.14. The lowest BCUT2D eigenvalue weighted by Gasteiger charge is -2.32. The number of hydrogen-bond donors (Lipinski definition) is 1. The van der Waals surface area contributed by atoms with Crippen molar-refractivity contribution in [1.82, 2.24) is 0 Å². The van der Waals surface area contributed by atoms with E-state index in [9.17, 15) is 14.9 Å². The maximum atomic E-state index is 12.6. The van der Waals surface area contributed by atoms with E-state index < -0.39 is 10.8 Å². The molecule has 1 saturated heterocycles. The van der Waals surface area contributed by atoms with Crippen molar-refractivity contribution in [2.45, 2.75) is 19.8 Å². The Kier molecular flexibility index (Phi) is 6.04. The highest BCUT2D eigenvalue weighted by molar-refractivity contribution is 6.32. The molecule has 28 heavy (non-hydrogen) atoms. The number of carbonyl (C=O) groups excluding carboxylic acids is 1. The molecule has 8 heteroatoms. The predicted molar refractivity (Wildman–Crippen MR) is 110 cm³/mol. The Labute approximate surface area is 168 Å². The van der Waals surface area contributed by atoms with Crippen LogP contribution in [0.3, 0.4) is 0 Å². The first kappa shape index (κ1) is 19.9. The van der Waals surface area contributed by atoms with Crippen LogP contribution in [0.25, 0.3) is 0 Å². The molecule has 3 rings (SSSR count). The SMILES string of the molecule is COc1ccc(NC(=O)c2ccc(N3CCC[C@H](C)C3)c([N+](=O)[O-])c2)cc1Cl. The Morgan fingerprint density at radius 3 is 2.75 bits per heavy atom. The largest absolute Gasteiger partial charge is 0.495 e. The number of nitrogens with one attached hydrogen (secondary N) is 1. The molecule has 148 valence electrons. The summed E-state index contributed by atoms with van der Waals surface area (Å²) in [6.07, 6.45) is 2.12. The van der Waals surface area contributed by atoms with Crippen molar-refractivity contribution in [2.24, 2.45) is 5.92 Å². The van der Waals surface area contributed by atoms with Gasteiger partial charge in [0, 0.05) is 30.4 Å². The zero-order valence-corrected chi connectivity index (χ0v) is 16.5. The van der Waals surface area contributed by atoms with Gasteiger partial charge in [0.25, 0.3) is 11.6 Å². The van der Waals surface area contributed by atoms with E-state index in [-0.39, 0.29) is 11.3 Å². The van der Waals surface area contributed by atoms with Crippen LogP contribution >= 0.6 is 11.6 Å². The number of hydrogen-bond acceptors (Lipinski definition) is 5. The summed E-state index contributed by atoms with van der Waals surface area (Å²) in [4.78, 5) is 25.8. The van der Waals surface area contributed by atoms with Gasteiger partial charge in [-0.1, -0.05) is 18.5 Å². The number of nitro groups is 1. The fraction of sp³-hybridized carbons (Fsp3) is 0.350. The molecule has 0 unspecified atom stereocenters. The molecule has 0 saturated carbocycles. The van der Waals surface area contributed by atoms with Crippen LogP contribution in [0.2, 0.25) is 5.02 Å². The van der Waals surface area contributed by atoms with Crippen molar-refractivity contribution in [3.8, 4) is 5.75 Å². The number of piperidine rings is 1. The zero-order valence-electron chi connectivity index (χ0n) is 15.8. The highest BCUT2D eigenvalue weighted by Crippen LogP contribution is 2.33. The summed E-state index contributed by atoms with van der Waals surface area (Å²) in [6.45, 7) is 3.69. The van der Waals surface area contributed by atoms with Crippen molar-refractivity contribution < 1.29 is 14.5 Å². The number of rotatable bonds is 5. The second-order valence-corrected chi connectivity index (χ2v) is 7.36. The van der Waals surface area contributed by atoms with Crippen LogP contribution in [-0.2, 0) is 0 Å². The van der Waals surface area contributed by atoms with Gasteiger partial charge in [0.15, 0.2) is 0 Å². The van der Waals surface area contributed by atoms with Gasteiger partial charge in [-0.25, -0.2) is 0 Å². The number of nitrogens with zero attached hydrogens (tertiary/aromatic N) is 2. The van der Waals surface area contributed by atoms with E-state index in [1.165, 1.54) is 13.2 Å². The van der Waals surface area contributed by atoms with E-state index in [0.717, 1.165) is 25.9 Å². The molecule has 0 radical (unpaired) electrons. The molecule has 0 bridgehead atoms. The third kappa shape index (κ3) is 4.36. The van der Waals surface area contributed by atoms with Crippen LogP contribution in [0.5, 0.6) is 5.75 Å². The number of ether oxygens (including phenoxy) is 1. The number of nitro benzene ring substituents is 1. The lowest BCUT2D eigenvalue weighted by molar-refractivity contribution is -0.384. The fourth-order valence-electron chi connectivity index (χ4n) is 3.43. The van der Waals surface area contributed by atoms with E-state index in [4.69, 9.17) is 16.3 Å². The average Bonchev–Trinajstić information content (AvgIpc) is 2.67. The number of halogens is 1. The summed E-state index contributed by atoms with van der Waals surface area (Å²) in [5.74, 6) is 0.537. The van der Waals surface area contributed by atoms with Gasteiger partial charge in [-0.3, -0.25) is 14.9 Å². The molecule has 0 spiro atoms. The van der Waals surface area contributed by atoms with E-state index in [1.54, 1.807) is 30.3 Å². The van der Waals surface area contributed by atoms with Crippen LogP contribution in [0.1, 0.15) is 30.1 Å². The van der Waals surface area contributed by atoms with E-state index in [1.807, 2.05) is 4.90 Å². The highest BCUT2D eigenvalue weighted by atomic mass is 35.5. The summed E-state index contributed by atoms with van der Waals surface area (Å²) >= 11 is 6.07. The second-order valence-electron chi connectivity index (χ2n) is 6.96. The minimum Gasteiger partial charge on any atom is -0.495 e. The number of benzene rings is 2. The van der Waals surface area contributed by atoms with Gasteiger partial charge in [-0.05, 0) is 49.1 Å². The number of methoxy groups -OCH3 is 1. The fourth-order valence-corrected chi connectivity index (χ4v) is 3.69. The van der Waals surface area contributed by atoms with Crippen molar-refractivity contribution in [1.29, 1.82) is 0 Å². The molecule has 2 aromatic rings. The smallest absolute Gasteiger partial charge is 0.293 e. The maximum absolute atomic E-state index is 12.6. The Bertz CT molecular complexity index is 903. The van der Waals surface area contributed by atoms with Gasteiger partial charge in [0.05, 0.1) is 17.1 Å². The summed E-state index contributed by atoms with van der Waals surface area (Å²) in [6, 6.07) is 9.46. The van der Waals surface area contributed by atoms with Crippen molar-refractivity contribution >= 4 is 34.6 Å². The summed E-state index contributed by atoms with van der Waals surface area (Å²) in [5.41, 5.74) is 1.19. The molecule has 1 amide bonds. The average molecular weight is 404 g/mol. The third-order valence-electron chi connectivity index (χ3n) is 4.84. The number of anilines is 2. The summed E-state index contributed by atoms with van der Waals surface area (Å²) < 4.78 is 5.09. The number of amides is 1. The van der Waals surface area contributed by atoms with E-state index in [2.05, 4.69) is 12.2 Å². The Morgan fingerprint density at radius 2 is 2.11 bits per heavy atom. The Morgan fingerprint density at radius 1 is 1.32 bits per heavy atom. The molecule has 1 aliphatic rings. The molecule has 0 aliphatic carbocycles. The molecule has 1 aliphatic heterocycles. The van der Waals surface area contributed by atoms with Gasteiger partial charge in [-0.2, -0.15) is 0 Å². The standard InChI is InChI=1S/C20H22ClN3O4/c1-13-4-3-9-23(12-13)17-7-5-14(10-18(17)24(26)27)20(25)22-15-6-8-19(28-2)16(21)11-15/h5-8,10-11,13H,3-4,9,12H2,1-2H3,(H,22,25)/t13-/m0/s1. The van der Waals surface area contributed by atoms with Crippen molar-refractivity contribution in [2.75, 3.05) is 30.4 Å². The quantitative estimate of drug-likeness (QED) is 0.575. The van der Waals surface area contributed by atoms with Crippen LogP contribution in [0.15, 0.2) is 36.4 Å². The molecular formula is C20H22ClN3O4.